The topological polar surface area (TPSA) is 114 Å². The average Bonchev–Trinajstić information content (AvgIpc) is 2.82. The minimum atomic E-state index is -1.11. The van der Waals surface area contributed by atoms with E-state index in [2.05, 4.69) is 17.6 Å². The highest BCUT2D eigenvalue weighted by Gasteiger charge is 2.27. The van der Waals surface area contributed by atoms with Crippen LogP contribution >= 0.6 is 0 Å². The van der Waals surface area contributed by atoms with E-state index in [9.17, 15) is 19.5 Å². The van der Waals surface area contributed by atoms with Crippen LogP contribution in [-0.2, 0) is 25.5 Å². The van der Waals surface area contributed by atoms with Crippen LogP contribution in [0, 0.1) is 0 Å². The highest BCUT2D eigenvalue weighted by molar-refractivity contribution is 5.90. The number of carboxylic acids is 1. The van der Waals surface area contributed by atoms with Crippen molar-refractivity contribution in [3.8, 4) is 5.75 Å². The van der Waals surface area contributed by atoms with Gasteiger partial charge in [-0.1, -0.05) is 49.4 Å². The van der Waals surface area contributed by atoms with Gasteiger partial charge in [-0.3, -0.25) is 9.59 Å². The van der Waals surface area contributed by atoms with E-state index < -0.39 is 36.4 Å². The fourth-order valence-electron chi connectivity index (χ4n) is 3.46. The van der Waals surface area contributed by atoms with Crippen LogP contribution in [0.5, 0.6) is 5.75 Å². The molecule has 2 aromatic carbocycles. The maximum Gasteiger partial charge on any atom is 0.328 e. The predicted octanol–water partition coefficient (Wildman–Crippen LogP) is 2.52. The molecule has 2 aromatic rings. The number of amides is 1. The number of benzene rings is 2. The number of hydrogen-bond donors (Lipinski definition) is 3. The highest BCUT2D eigenvalue weighted by atomic mass is 16.5. The van der Waals surface area contributed by atoms with Crippen molar-refractivity contribution in [2.45, 2.75) is 44.2 Å². The molecule has 2 rings (SSSR count). The van der Waals surface area contributed by atoms with Crippen molar-refractivity contribution in [3.05, 3.63) is 65.7 Å². The van der Waals surface area contributed by atoms with E-state index in [0.717, 1.165) is 16.9 Å². The molecule has 0 radical (unpaired) electrons. The molecule has 0 saturated heterocycles. The Bertz CT molecular complexity index is 901. The standard InChI is InChI=1S/C25H32N2O6/c1-17(19-9-11-20(32-2)12-10-19)13-14-26-21(16-23(28)29)24(30)27-22(25(31)33-3)15-18-7-5-4-6-8-18/h4-12,17,21-22,26H,13-16H2,1-3H3,(H,27,30)(H,28,29)/t17?,21-,22+/m0/s1. The Kier molecular flexibility index (Phi) is 10.4. The molecule has 8 nitrogen and oxygen atoms in total. The van der Waals surface area contributed by atoms with Crippen LogP contribution in [0.3, 0.4) is 0 Å². The van der Waals surface area contributed by atoms with Gasteiger partial charge in [0.1, 0.15) is 11.8 Å². The van der Waals surface area contributed by atoms with Crippen molar-refractivity contribution in [2.24, 2.45) is 0 Å². The molecule has 0 aliphatic heterocycles. The second-order valence-corrected chi connectivity index (χ2v) is 7.84. The van der Waals surface area contributed by atoms with Crippen molar-refractivity contribution in [1.29, 1.82) is 0 Å². The predicted molar refractivity (Wildman–Crippen MR) is 124 cm³/mol. The van der Waals surface area contributed by atoms with Gasteiger partial charge in [0.05, 0.1) is 26.7 Å². The molecular formula is C25H32N2O6. The van der Waals surface area contributed by atoms with Gasteiger partial charge < -0.3 is 25.2 Å². The number of ether oxygens (including phenoxy) is 2. The zero-order valence-electron chi connectivity index (χ0n) is 19.2. The highest BCUT2D eigenvalue weighted by Crippen LogP contribution is 2.21. The van der Waals surface area contributed by atoms with E-state index in [1.807, 2.05) is 54.6 Å². The molecule has 0 aromatic heterocycles. The lowest BCUT2D eigenvalue weighted by atomic mass is 9.97. The molecule has 3 atom stereocenters. The van der Waals surface area contributed by atoms with Crippen LogP contribution in [-0.4, -0.2) is 55.8 Å². The van der Waals surface area contributed by atoms with Crippen molar-refractivity contribution < 1.29 is 29.0 Å². The van der Waals surface area contributed by atoms with E-state index in [0.29, 0.717) is 13.0 Å². The quantitative estimate of drug-likeness (QED) is 0.397. The van der Waals surface area contributed by atoms with E-state index in [1.165, 1.54) is 7.11 Å². The zero-order chi connectivity index (χ0) is 24.2. The molecule has 8 heteroatoms. The molecule has 0 fully saturated rings. The third-order valence-corrected chi connectivity index (χ3v) is 5.43. The molecule has 0 aliphatic rings. The second-order valence-electron chi connectivity index (χ2n) is 7.84. The van der Waals surface area contributed by atoms with Gasteiger partial charge in [-0.25, -0.2) is 4.79 Å². The van der Waals surface area contributed by atoms with Crippen LogP contribution in [0.15, 0.2) is 54.6 Å². The van der Waals surface area contributed by atoms with Crippen molar-refractivity contribution in [3.63, 3.8) is 0 Å². The molecule has 3 N–H and O–H groups in total. The third kappa shape index (κ3) is 8.57. The van der Waals surface area contributed by atoms with Gasteiger partial charge >= 0.3 is 11.9 Å². The Balaban J connectivity index is 1.98. The average molecular weight is 457 g/mol. The van der Waals surface area contributed by atoms with Gasteiger partial charge in [-0.05, 0) is 42.1 Å². The Labute approximate surface area is 194 Å². The molecule has 0 heterocycles. The number of rotatable bonds is 13. The molecule has 0 bridgehead atoms. The summed E-state index contributed by atoms with van der Waals surface area (Å²) in [5, 5.41) is 15.0. The minimum Gasteiger partial charge on any atom is -0.497 e. The molecule has 0 aliphatic carbocycles. The van der Waals surface area contributed by atoms with Crippen molar-refractivity contribution in [1.82, 2.24) is 10.6 Å². The summed E-state index contributed by atoms with van der Waals surface area (Å²) in [7, 11) is 2.86. The molecule has 0 spiro atoms. The summed E-state index contributed by atoms with van der Waals surface area (Å²) in [6, 6.07) is 15.1. The first kappa shape index (κ1) is 25.9. The van der Waals surface area contributed by atoms with Crippen molar-refractivity contribution in [2.75, 3.05) is 20.8 Å². The number of aliphatic carboxylic acids is 1. The van der Waals surface area contributed by atoms with E-state index in [4.69, 9.17) is 9.47 Å². The van der Waals surface area contributed by atoms with Crippen LogP contribution in [0.2, 0.25) is 0 Å². The van der Waals surface area contributed by atoms with Crippen molar-refractivity contribution >= 4 is 17.8 Å². The van der Waals surface area contributed by atoms with E-state index in [-0.39, 0.29) is 12.3 Å². The van der Waals surface area contributed by atoms with Gasteiger partial charge in [0, 0.05) is 6.42 Å². The first-order valence-electron chi connectivity index (χ1n) is 10.8. The van der Waals surface area contributed by atoms with Gasteiger partial charge in [-0.2, -0.15) is 0 Å². The van der Waals surface area contributed by atoms with Gasteiger partial charge in [0.25, 0.3) is 0 Å². The van der Waals surface area contributed by atoms with Gasteiger partial charge in [0.15, 0.2) is 0 Å². The Hall–Kier alpha value is -3.39. The minimum absolute atomic E-state index is 0.192. The van der Waals surface area contributed by atoms with Gasteiger partial charge in [-0.15, -0.1) is 0 Å². The lowest BCUT2D eigenvalue weighted by Gasteiger charge is -2.22. The molecule has 1 amide bonds. The van der Waals surface area contributed by atoms with E-state index in [1.54, 1.807) is 7.11 Å². The summed E-state index contributed by atoms with van der Waals surface area (Å²) >= 11 is 0. The lowest BCUT2D eigenvalue weighted by Crippen LogP contribution is -2.52. The zero-order valence-corrected chi connectivity index (χ0v) is 19.2. The first-order chi connectivity index (χ1) is 15.8. The van der Waals surface area contributed by atoms with Crippen LogP contribution in [0.1, 0.15) is 36.8 Å². The molecule has 1 unspecified atom stereocenters. The fraction of sp³-hybridized carbons (Fsp3) is 0.400. The van der Waals surface area contributed by atoms with Crippen LogP contribution < -0.4 is 15.4 Å². The van der Waals surface area contributed by atoms with Gasteiger partial charge in [0.2, 0.25) is 5.91 Å². The Morgan fingerprint density at radius 1 is 0.970 bits per heavy atom. The summed E-state index contributed by atoms with van der Waals surface area (Å²) in [6.07, 6.45) is 0.537. The maximum absolute atomic E-state index is 12.9. The number of hydrogen-bond acceptors (Lipinski definition) is 6. The number of carbonyl (C=O) groups is 3. The number of methoxy groups -OCH3 is 2. The Morgan fingerprint density at radius 3 is 2.21 bits per heavy atom. The normalized spacial score (nSPS) is 13.4. The molecule has 33 heavy (non-hydrogen) atoms. The SMILES string of the molecule is COC(=O)[C@@H](Cc1ccccc1)NC(=O)[C@H](CC(=O)O)NCCC(C)c1ccc(OC)cc1. The number of esters is 1. The third-order valence-electron chi connectivity index (χ3n) is 5.43. The summed E-state index contributed by atoms with van der Waals surface area (Å²) in [5.41, 5.74) is 1.97. The second kappa shape index (κ2) is 13.2. The molecule has 0 saturated carbocycles. The number of carbonyl (C=O) groups excluding carboxylic acids is 2. The lowest BCUT2D eigenvalue weighted by molar-refractivity contribution is -0.145. The first-order valence-corrected chi connectivity index (χ1v) is 10.8. The maximum atomic E-state index is 12.9. The number of carboxylic acid groups (broad SMARTS) is 1. The molecular weight excluding hydrogens is 424 g/mol. The Morgan fingerprint density at radius 2 is 1.64 bits per heavy atom. The summed E-state index contributed by atoms with van der Waals surface area (Å²) in [6.45, 7) is 2.49. The smallest absolute Gasteiger partial charge is 0.328 e. The van der Waals surface area contributed by atoms with E-state index >= 15 is 0 Å². The fourth-order valence-corrected chi connectivity index (χ4v) is 3.46. The largest absolute Gasteiger partial charge is 0.497 e. The summed E-state index contributed by atoms with van der Waals surface area (Å²) in [5.74, 6) is -1.28. The van der Waals surface area contributed by atoms with Crippen LogP contribution in [0.25, 0.3) is 0 Å². The molecule has 178 valence electrons. The summed E-state index contributed by atoms with van der Waals surface area (Å²) < 4.78 is 10.00. The van der Waals surface area contributed by atoms with Crippen LogP contribution in [0.4, 0.5) is 0 Å². The summed E-state index contributed by atoms with van der Waals surface area (Å²) in [4.78, 5) is 36.4. The monoisotopic (exact) mass is 456 g/mol. The number of nitrogens with one attached hydrogen (secondary N) is 2.